The van der Waals surface area contributed by atoms with Gasteiger partial charge in [0.2, 0.25) is 0 Å². The molecule has 0 spiro atoms. The van der Waals surface area contributed by atoms with Gasteiger partial charge in [-0.3, -0.25) is 4.79 Å². The van der Waals surface area contributed by atoms with Crippen LogP contribution in [0.5, 0.6) is 0 Å². The molecule has 0 saturated carbocycles. The highest BCUT2D eigenvalue weighted by Gasteiger charge is 2.39. The first-order valence-corrected chi connectivity index (χ1v) is 5.31. The zero-order valence-electron chi connectivity index (χ0n) is 8.90. The fraction of sp³-hybridized carbons (Fsp3) is 0.417. The van der Waals surface area contributed by atoms with Crippen molar-refractivity contribution in [3.8, 4) is 0 Å². The monoisotopic (exact) mass is 226 g/mol. The van der Waals surface area contributed by atoms with Crippen molar-refractivity contribution in [3.05, 3.63) is 35.9 Å². The van der Waals surface area contributed by atoms with Crippen LogP contribution in [0, 0.1) is 5.92 Å². The molecule has 0 bridgehead atoms. The molecule has 0 amide bonds. The van der Waals surface area contributed by atoms with Crippen molar-refractivity contribution in [1.82, 2.24) is 0 Å². The van der Waals surface area contributed by atoms with E-state index in [9.17, 15) is 4.79 Å². The Bertz CT molecular complexity index is 335. The van der Waals surface area contributed by atoms with Crippen molar-refractivity contribution in [2.24, 2.45) is 5.92 Å². The second-order valence-electron chi connectivity index (χ2n) is 3.98. The number of carbonyl (C=O) groups is 1. The Morgan fingerprint density at radius 1 is 1.40 bits per heavy atom. The number of aliphatic carboxylic acids is 1. The van der Waals surface area contributed by atoms with Gasteiger partial charge in [0.05, 0.1) is 0 Å². The maximum Gasteiger partial charge on any atom is 0.325 e. The van der Waals surface area contributed by atoms with E-state index >= 15 is 0 Å². The Labute approximate surface area is 94.9 Å². The van der Waals surface area contributed by atoms with Crippen molar-refractivity contribution in [1.29, 1.82) is 0 Å². The highest BCUT2D eigenvalue weighted by molar-refractivity contribution is 6.34. The lowest BCUT2D eigenvalue weighted by molar-refractivity contribution is -0.141. The predicted molar refractivity (Wildman–Crippen MR) is 61.2 cm³/mol. The molecule has 1 aromatic carbocycles. The molecule has 0 aliphatic rings. The number of hydrogen-bond acceptors (Lipinski definition) is 1. The molecule has 1 unspecified atom stereocenters. The standard InChI is InChI=1S/C12H15ClO2/c1-9(2)12(13,11(14)15)8-10-6-4-3-5-7-10/h3-7,9H,8H2,1-2H3,(H,14,15). The normalized spacial score (nSPS) is 14.9. The van der Waals surface area contributed by atoms with E-state index in [4.69, 9.17) is 16.7 Å². The third kappa shape index (κ3) is 2.72. The molecule has 0 radical (unpaired) electrons. The molecule has 0 saturated heterocycles. The molecule has 1 atom stereocenters. The third-order valence-corrected chi connectivity index (χ3v) is 3.31. The summed E-state index contributed by atoms with van der Waals surface area (Å²) in [7, 11) is 0. The van der Waals surface area contributed by atoms with Crippen LogP contribution < -0.4 is 0 Å². The summed E-state index contributed by atoms with van der Waals surface area (Å²) < 4.78 is 0. The minimum atomic E-state index is -1.21. The van der Waals surface area contributed by atoms with Crippen LogP contribution in [0.15, 0.2) is 30.3 Å². The number of alkyl halides is 1. The second kappa shape index (κ2) is 4.67. The van der Waals surface area contributed by atoms with Crippen LogP contribution in [0.3, 0.4) is 0 Å². The first kappa shape index (κ1) is 12.1. The number of hydrogen-bond donors (Lipinski definition) is 1. The molecule has 0 fully saturated rings. The zero-order chi connectivity index (χ0) is 11.5. The van der Waals surface area contributed by atoms with Gasteiger partial charge in [0.1, 0.15) is 4.87 Å². The SMILES string of the molecule is CC(C)C(Cl)(Cc1ccccc1)C(=O)O. The maximum absolute atomic E-state index is 11.1. The van der Waals surface area contributed by atoms with Crippen molar-refractivity contribution in [2.75, 3.05) is 0 Å². The summed E-state index contributed by atoms with van der Waals surface area (Å²) in [5, 5.41) is 9.13. The van der Waals surface area contributed by atoms with E-state index in [0.29, 0.717) is 6.42 Å². The summed E-state index contributed by atoms with van der Waals surface area (Å²) in [4.78, 5) is 9.93. The lowest BCUT2D eigenvalue weighted by Gasteiger charge is -2.26. The Morgan fingerprint density at radius 3 is 2.33 bits per heavy atom. The number of benzene rings is 1. The van der Waals surface area contributed by atoms with E-state index in [2.05, 4.69) is 0 Å². The van der Waals surface area contributed by atoms with Gasteiger partial charge in [-0.2, -0.15) is 0 Å². The number of halogens is 1. The van der Waals surface area contributed by atoms with Crippen molar-refractivity contribution in [2.45, 2.75) is 25.1 Å². The van der Waals surface area contributed by atoms with E-state index in [1.54, 1.807) is 0 Å². The minimum Gasteiger partial charge on any atom is -0.480 e. The molecule has 1 aromatic rings. The van der Waals surface area contributed by atoms with Gasteiger partial charge < -0.3 is 5.11 Å². The smallest absolute Gasteiger partial charge is 0.325 e. The average Bonchev–Trinajstić information content (AvgIpc) is 2.18. The Hall–Kier alpha value is -1.02. The first-order valence-electron chi connectivity index (χ1n) is 4.93. The molecule has 0 aliphatic carbocycles. The summed E-state index contributed by atoms with van der Waals surface area (Å²) in [6, 6.07) is 9.45. The van der Waals surface area contributed by atoms with Gasteiger partial charge in [0.25, 0.3) is 0 Å². The minimum absolute atomic E-state index is 0.114. The van der Waals surface area contributed by atoms with E-state index in [1.807, 2.05) is 44.2 Å². The van der Waals surface area contributed by atoms with Crippen LogP contribution in [0.2, 0.25) is 0 Å². The van der Waals surface area contributed by atoms with Crippen LogP contribution in [0.1, 0.15) is 19.4 Å². The number of carboxylic acid groups (broad SMARTS) is 1. The summed E-state index contributed by atoms with van der Waals surface area (Å²) in [5.41, 5.74) is 0.948. The molecule has 0 aromatic heterocycles. The fourth-order valence-electron chi connectivity index (χ4n) is 1.42. The van der Waals surface area contributed by atoms with Crippen LogP contribution in [0.4, 0.5) is 0 Å². The van der Waals surface area contributed by atoms with Gasteiger partial charge in [0.15, 0.2) is 0 Å². The molecular weight excluding hydrogens is 212 g/mol. The van der Waals surface area contributed by atoms with E-state index in [1.165, 1.54) is 0 Å². The predicted octanol–water partition coefficient (Wildman–Crippen LogP) is 2.95. The van der Waals surface area contributed by atoms with Crippen LogP contribution >= 0.6 is 11.6 Å². The van der Waals surface area contributed by atoms with E-state index in [0.717, 1.165) is 5.56 Å². The lowest BCUT2D eigenvalue weighted by atomic mass is 9.88. The van der Waals surface area contributed by atoms with Crippen molar-refractivity contribution in [3.63, 3.8) is 0 Å². The van der Waals surface area contributed by atoms with Gasteiger partial charge in [-0.15, -0.1) is 11.6 Å². The Kier molecular flexibility index (Phi) is 3.75. The topological polar surface area (TPSA) is 37.3 Å². The molecule has 1 N–H and O–H groups in total. The lowest BCUT2D eigenvalue weighted by Crippen LogP contribution is -2.40. The van der Waals surface area contributed by atoms with Crippen molar-refractivity contribution < 1.29 is 9.90 Å². The van der Waals surface area contributed by atoms with Gasteiger partial charge >= 0.3 is 5.97 Å². The Balaban J connectivity index is 2.90. The Morgan fingerprint density at radius 2 is 1.93 bits per heavy atom. The van der Waals surface area contributed by atoms with Gasteiger partial charge in [-0.05, 0) is 11.5 Å². The van der Waals surface area contributed by atoms with Gasteiger partial charge in [0, 0.05) is 6.42 Å². The molecule has 0 aliphatic heterocycles. The highest BCUT2D eigenvalue weighted by atomic mass is 35.5. The van der Waals surface area contributed by atoms with Crippen LogP contribution in [-0.4, -0.2) is 16.0 Å². The van der Waals surface area contributed by atoms with Crippen LogP contribution in [0.25, 0.3) is 0 Å². The van der Waals surface area contributed by atoms with Crippen LogP contribution in [-0.2, 0) is 11.2 Å². The maximum atomic E-state index is 11.1. The summed E-state index contributed by atoms with van der Waals surface area (Å²) in [6.07, 6.45) is 0.350. The zero-order valence-corrected chi connectivity index (χ0v) is 9.66. The summed E-state index contributed by atoms with van der Waals surface area (Å²) in [6.45, 7) is 3.65. The average molecular weight is 227 g/mol. The molecule has 2 nitrogen and oxygen atoms in total. The quantitative estimate of drug-likeness (QED) is 0.802. The second-order valence-corrected chi connectivity index (χ2v) is 4.66. The fourth-order valence-corrected chi connectivity index (χ4v) is 1.57. The van der Waals surface area contributed by atoms with Crippen molar-refractivity contribution >= 4 is 17.6 Å². The number of rotatable bonds is 4. The molecule has 3 heteroatoms. The van der Waals surface area contributed by atoms with E-state index < -0.39 is 10.8 Å². The highest BCUT2D eigenvalue weighted by Crippen LogP contribution is 2.30. The molecule has 82 valence electrons. The first-order chi connectivity index (χ1) is 6.97. The summed E-state index contributed by atoms with van der Waals surface area (Å²) in [5.74, 6) is -1.07. The molecule has 15 heavy (non-hydrogen) atoms. The molecular formula is C12H15ClO2. The third-order valence-electron chi connectivity index (χ3n) is 2.57. The van der Waals surface area contributed by atoms with E-state index in [-0.39, 0.29) is 5.92 Å². The number of carboxylic acids is 1. The van der Waals surface area contributed by atoms with Gasteiger partial charge in [-0.1, -0.05) is 44.2 Å². The van der Waals surface area contributed by atoms with Gasteiger partial charge in [-0.25, -0.2) is 0 Å². The largest absolute Gasteiger partial charge is 0.480 e. The molecule has 0 heterocycles. The molecule has 1 rings (SSSR count). The summed E-state index contributed by atoms with van der Waals surface area (Å²) >= 11 is 6.14.